The third kappa shape index (κ3) is 3.53. The van der Waals surface area contributed by atoms with Crippen molar-refractivity contribution in [2.24, 2.45) is 0 Å². The molecule has 3 heteroatoms. The van der Waals surface area contributed by atoms with E-state index in [1.54, 1.807) is 0 Å². The zero-order chi connectivity index (χ0) is 15.4. The molecule has 2 aromatic rings. The zero-order valence-corrected chi connectivity index (χ0v) is 14.2. The van der Waals surface area contributed by atoms with Crippen LogP contribution in [0.3, 0.4) is 0 Å². The van der Waals surface area contributed by atoms with Gasteiger partial charge in [-0.15, -0.1) is 11.3 Å². The first-order valence-electron chi connectivity index (χ1n) is 8.40. The first-order chi connectivity index (χ1) is 10.8. The van der Waals surface area contributed by atoms with Gasteiger partial charge in [-0.25, -0.2) is 0 Å². The Bertz CT molecular complexity index is 591. The van der Waals surface area contributed by atoms with Gasteiger partial charge < -0.3 is 10.6 Å². The maximum Gasteiger partial charge on any atom is 0.0349 e. The Morgan fingerprint density at radius 3 is 2.95 bits per heavy atom. The summed E-state index contributed by atoms with van der Waals surface area (Å²) >= 11 is 1.88. The number of nitrogen functional groups attached to an aromatic ring is 1. The molecule has 0 saturated heterocycles. The second-order valence-corrected chi connectivity index (χ2v) is 7.23. The average Bonchev–Trinajstić information content (AvgIpc) is 3.05. The third-order valence-electron chi connectivity index (χ3n) is 4.86. The highest BCUT2D eigenvalue weighted by Crippen LogP contribution is 2.28. The van der Waals surface area contributed by atoms with Gasteiger partial charge in [0.2, 0.25) is 0 Å². The van der Waals surface area contributed by atoms with Gasteiger partial charge >= 0.3 is 0 Å². The summed E-state index contributed by atoms with van der Waals surface area (Å²) < 4.78 is 0. The number of fused-ring (bicyclic) bond motifs is 1. The third-order valence-corrected chi connectivity index (χ3v) is 5.80. The van der Waals surface area contributed by atoms with Crippen molar-refractivity contribution in [1.29, 1.82) is 0 Å². The van der Waals surface area contributed by atoms with Crippen LogP contribution in [-0.4, -0.2) is 24.0 Å². The predicted molar refractivity (Wildman–Crippen MR) is 96.6 cm³/mol. The molecule has 1 aliphatic carbocycles. The van der Waals surface area contributed by atoms with E-state index in [0.29, 0.717) is 6.04 Å². The smallest absolute Gasteiger partial charge is 0.0349 e. The van der Waals surface area contributed by atoms with Gasteiger partial charge in [-0.05, 0) is 73.8 Å². The Morgan fingerprint density at radius 1 is 1.27 bits per heavy atom. The fraction of sp³-hybridized carbons (Fsp3) is 0.474. The SMILES string of the molecule is CCN(CCCc1cccs1)C1CCc2c(N)cccc2C1. The molecule has 1 aliphatic rings. The van der Waals surface area contributed by atoms with Crippen LogP contribution in [0.2, 0.25) is 0 Å². The van der Waals surface area contributed by atoms with Crippen molar-refractivity contribution in [2.75, 3.05) is 18.8 Å². The minimum Gasteiger partial charge on any atom is -0.398 e. The van der Waals surface area contributed by atoms with E-state index in [1.807, 2.05) is 17.4 Å². The quantitative estimate of drug-likeness (QED) is 0.812. The molecular formula is C19H26N2S. The number of aryl methyl sites for hydroxylation is 1. The highest BCUT2D eigenvalue weighted by atomic mass is 32.1. The number of thiophene rings is 1. The molecule has 3 rings (SSSR count). The van der Waals surface area contributed by atoms with Crippen LogP contribution >= 0.6 is 11.3 Å². The standard InChI is InChI=1S/C19H26N2S/c1-2-21(12-4-7-17-8-5-13-22-17)16-10-11-18-15(14-16)6-3-9-19(18)20/h3,5-6,8-9,13,16H,2,4,7,10-12,14,20H2,1H3. The van der Waals surface area contributed by atoms with E-state index in [0.717, 1.165) is 25.1 Å². The molecule has 0 saturated carbocycles. The summed E-state index contributed by atoms with van der Waals surface area (Å²) in [6, 6.07) is 11.5. The molecule has 2 N–H and O–H groups in total. The summed E-state index contributed by atoms with van der Waals surface area (Å²) in [7, 11) is 0. The van der Waals surface area contributed by atoms with Crippen molar-refractivity contribution >= 4 is 17.0 Å². The van der Waals surface area contributed by atoms with Crippen LogP contribution in [0.15, 0.2) is 35.7 Å². The van der Waals surface area contributed by atoms with Gasteiger partial charge in [0, 0.05) is 16.6 Å². The lowest BCUT2D eigenvalue weighted by Crippen LogP contribution is -2.40. The number of hydrogen-bond acceptors (Lipinski definition) is 3. The molecule has 22 heavy (non-hydrogen) atoms. The molecular weight excluding hydrogens is 288 g/mol. The van der Waals surface area contributed by atoms with Gasteiger partial charge in [0.25, 0.3) is 0 Å². The molecule has 1 heterocycles. The molecule has 1 atom stereocenters. The van der Waals surface area contributed by atoms with Crippen LogP contribution in [-0.2, 0) is 19.3 Å². The summed E-state index contributed by atoms with van der Waals surface area (Å²) in [5.74, 6) is 0. The fourth-order valence-corrected chi connectivity index (χ4v) is 4.39. The minimum absolute atomic E-state index is 0.683. The molecule has 0 bridgehead atoms. The Morgan fingerprint density at radius 2 is 2.18 bits per heavy atom. The minimum atomic E-state index is 0.683. The fourth-order valence-electron chi connectivity index (χ4n) is 3.64. The van der Waals surface area contributed by atoms with Gasteiger partial charge in [0.15, 0.2) is 0 Å². The average molecular weight is 314 g/mol. The molecule has 0 spiro atoms. The number of rotatable bonds is 6. The van der Waals surface area contributed by atoms with E-state index >= 15 is 0 Å². The number of hydrogen-bond donors (Lipinski definition) is 1. The van der Waals surface area contributed by atoms with E-state index in [4.69, 9.17) is 5.73 Å². The summed E-state index contributed by atoms with van der Waals surface area (Å²) in [5.41, 5.74) is 9.96. The normalized spacial score (nSPS) is 17.6. The lowest BCUT2D eigenvalue weighted by Gasteiger charge is -2.35. The lowest BCUT2D eigenvalue weighted by atomic mass is 9.86. The van der Waals surface area contributed by atoms with Crippen molar-refractivity contribution in [3.05, 3.63) is 51.7 Å². The van der Waals surface area contributed by atoms with Crippen LogP contribution in [0.4, 0.5) is 5.69 Å². The maximum atomic E-state index is 6.12. The molecule has 2 nitrogen and oxygen atoms in total. The van der Waals surface area contributed by atoms with Gasteiger partial charge in [-0.3, -0.25) is 0 Å². The van der Waals surface area contributed by atoms with Crippen molar-refractivity contribution in [3.8, 4) is 0 Å². The van der Waals surface area contributed by atoms with Crippen molar-refractivity contribution in [1.82, 2.24) is 4.90 Å². The van der Waals surface area contributed by atoms with E-state index < -0.39 is 0 Å². The monoisotopic (exact) mass is 314 g/mol. The van der Waals surface area contributed by atoms with Crippen LogP contribution in [0.1, 0.15) is 35.8 Å². The van der Waals surface area contributed by atoms with Crippen LogP contribution in [0.5, 0.6) is 0 Å². The Hall–Kier alpha value is -1.32. The highest BCUT2D eigenvalue weighted by molar-refractivity contribution is 7.09. The highest BCUT2D eigenvalue weighted by Gasteiger charge is 2.24. The summed E-state index contributed by atoms with van der Waals surface area (Å²) in [4.78, 5) is 4.18. The number of benzene rings is 1. The Kier molecular flexibility index (Phi) is 5.16. The van der Waals surface area contributed by atoms with Gasteiger partial charge in [-0.1, -0.05) is 25.1 Å². The first-order valence-corrected chi connectivity index (χ1v) is 9.28. The number of nitrogens with zero attached hydrogens (tertiary/aromatic N) is 1. The summed E-state index contributed by atoms with van der Waals surface area (Å²) in [5, 5.41) is 2.18. The second-order valence-electron chi connectivity index (χ2n) is 6.19. The molecule has 0 radical (unpaired) electrons. The van der Waals surface area contributed by atoms with Crippen LogP contribution in [0, 0.1) is 0 Å². The van der Waals surface area contributed by atoms with Crippen LogP contribution in [0.25, 0.3) is 0 Å². The van der Waals surface area contributed by atoms with Crippen molar-refractivity contribution in [2.45, 2.75) is 45.1 Å². The molecule has 0 amide bonds. The predicted octanol–water partition coefficient (Wildman–Crippen LogP) is 4.14. The maximum absolute atomic E-state index is 6.12. The van der Waals surface area contributed by atoms with Gasteiger partial charge in [0.1, 0.15) is 0 Å². The summed E-state index contributed by atoms with van der Waals surface area (Å²) in [6.45, 7) is 4.64. The molecule has 1 unspecified atom stereocenters. The van der Waals surface area contributed by atoms with E-state index in [1.165, 1.54) is 41.8 Å². The number of anilines is 1. The topological polar surface area (TPSA) is 29.3 Å². The molecule has 1 aromatic heterocycles. The largest absolute Gasteiger partial charge is 0.398 e. The van der Waals surface area contributed by atoms with Crippen LogP contribution < -0.4 is 5.73 Å². The molecule has 0 aliphatic heterocycles. The van der Waals surface area contributed by atoms with Crippen molar-refractivity contribution < 1.29 is 0 Å². The molecule has 0 fully saturated rings. The number of likely N-dealkylation sites (N-methyl/N-ethyl adjacent to an activating group) is 1. The van der Waals surface area contributed by atoms with Gasteiger partial charge in [-0.2, -0.15) is 0 Å². The van der Waals surface area contributed by atoms with E-state index in [-0.39, 0.29) is 0 Å². The lowest BCUT2D eigenvalue weighted by molar-refractivity contribution is 0.187. The van der Waals surface area contributed by atoms with Crippen molar-refractivity contribution in [3.63, 3.8) is 0 Å². The van der Waals surface area contributed by atoms with E-state index in [9.17, 15) is 0 Å². The van der Waals surface area contributed by atoms with E-state index in [2.05, 4.69) is 41.5 Å². The molecule has 118 valence electrons. The first kappa shape index (κ1) is 15.6. The van der Waals surface area contributed by atoms with Gasteiger partial charge in [0.05, 0.1) is 0 Å². The number of nitrogens with two attached hydrogens (primary N) is 1. The second kappa shape index (κ2) is 7.30. The Labute approximate surface area is 138 Å². The summed E-state index contributed by atoms with van der Waals surface area (Å²) in [6.07, 6.45) is 6.01. The molecule has 1 aromatic carbocycles. The Balaban J connectivity index is 1.57. The zero-order valence-electron chi connectivity index (χ0n) is 13.4.